The Morgan fingerprint density at radius 1 is 1.56 bits per heavy atom. The van der Waals surface area contributed by atoms with Crippen LogP contribution < -0.4 is 0 Å². The molecule has 0 radical (unpaired) electrons. The van der Waals surface area contributed by atoms with Crippen LogP contribution in [0.5, 0.6) is 0 Å². The highest BCUT2D eigenvalue weighted by atomic mass is 35.5. The first-order valence-electron chi connectivity index (χ1n) is 3.29. The molecule has 2 unspecified atom stereocenters. The van der Waals surface area contributed by atoms with E-state index in [-0.39, 0.29) is 4.87 Å². The van der Waals surface area contributed by atoms with E-state index in [4.69, 9.17) is 23.2 Å². The van der Waals surface area contributed by atoms with Crippen LogP contribution in [-0.4, -0.2) is 10.8 Å². The lowest BCUT2D eigenvalue weighted by atomic mass is 9.94. The second-order valence-corrected chi connectivity index (χ2v) is 3.86. The fourth-order valence-corrected chi connectivity index (χ4v) is 1.01. The lowest BCUT2D eigenvalue weighted by Gasteiger charge is -2.25. The molecule has 0 amide bonds. The molecule has 0 aromatic rings. The van der Waals surface area contributed by atoms with Gasteiger partial charge in [0.15, 0.2) is 0 Å². The molecule has 0 nitrogen and oxygen atoms in total. The summed E-state index contributed by atoms with van der Waals surface area (Å²) in [5.41, 5.74) is 0. The highest BCUT2D eigenvalue weighted by Gasteiger charge is 2.25. The standard InChI is InChI=1S/C7H14Cl2/c1-4-7(3,9)6(2)5-8/h6H,4-5H2,1-3H3. The molecule has 0 spiro atoms. The predicted octanol–water partition coefficient (Wildman–Crippen LogP) is 3.27. The monoisotopic (exact) mass is 168 g/mol. The van der Waals surface area contributed by atoms with Gasteiger partial charge in [0.25, 0.3) is 0 Å². The van der Waals surface area contributed by atoms with Gasteiger partial charge in [0.2, 0.25) is 0 Å². The molecule has 0 aliphatic heterocycles. The maximum absolute atomic E-state index is 6.09. The van der Waals surface area contributed by atoms with Gasteiger partial charge in [-0.1, -0.05) is 13.8 Å². The Balaban J connectivity index is 3.80. The minimum absolute atomic E-state index is 0.109. The predicted molar refractivity (Wildman–Crippen MR) is 44.4 cm³/mol. The second kappa shape index (κ2) is 3.68. The highest BCUT2D eigenvalue weighted by Crippen LogP contribution is 2.28. The summed E-state index contributed by atoms with van der Waals surface area (Å²) in [7, 11) is 0. The highest BCUT2D eigenvalue weighted by molar-refractivity contribution is 6.25. The molecule has 0 fully saturated rings. The SMILES string of the molecule is CCC(C)(Cl)C(C)CCl. The number of alkyl halides is 2. The molecule has 9 heavy (non-hydrogen) atoms. The average molecular weight is 169 g/mol. The van der Waals surface area contributed by atoms with Gasteiger partial charge >= 0.3 is 0 Å². The second-order valence-electron chi connectivity index (χ2n) is 2.69. The molecule has 2 heteroatoms. The Hall–Kier alpha value is 0.580. The van der Waals surface area contributed by atoms with Crippen molar-refractivity contribution in [1.29, 1.82) is 0 Å². The molecule has 0 heterocycles. The molecule has 0 aliphatic rings. The summed E-state index contributed by atoms with van der Waals surface area (Å²) in [6, 6.07) is 0. The molecule has 0 N–H and O–H groups in total. The number of hydrogen-bond acceptors (Lipinski definition) is 0. The summed E-state index contributed by atoms with van der Waals surface area (Å²) in [6.45, 7) is 6.18. The third-order valence-corrected chi connectivity index (χ3v) is 3.05. The van der Waals surface area contributed by atoms with Crippen LogP contribution in [0.2, 0.25) is 0 Å². The zero-order valence-corrected chi connectivity index (χ0v) is 7.76. The molecule has 0 saturated heterocycles. The fourth-order valence-electron chi connectivity index (χ4n) is 0.509. The van der Waals surface area contributed by atoms with Gasteiger partial charge in [-0.25, -0.2) is 0 Å². The van der Waals surface area contributed by atoms with Crippen molar-refractivity contribution in [3.63, 3.8) is 0 Å². The summed E-state index contributed by atoms with van der Waals surface area (Å²) >= 11 is 11.7. The molecule has 0 bridgehead atoms. The van der Waals surface area contributed by atoms with E-state index in [1.165, 1.54) is 0 Å². The van der Waals surface area contributed by atoms with Crippen LogP contribution in [0.25, 0.3) is 0 Å². The molecule has 0 aromatic heterocycles. The molecular weight excluding hydrogens is 155 g/mol. The Bertz CT molecular complexity index is 79.0. The lowest BCUT2D eigenvalue weighted by Crippen LogP contribution is -2.26. The fraction of sp³-hybridized carbons (Fsp3) is 1.00. The molecule has 56 valence electrons. The number of rotatable bonds is 3. The maximum atomic E-state index is 6.09. The summed E-state index contributed by atoms with van der Waals surface area (Å²) < 4.78 is 0. The van der Waals surface area contributed by atoms with E-state index >= 15 is 0 Å². The van der Waals surface area contributed by atoms with Crippen LogP contribution in [0, 0.1) is 5.92 Å². The van der Waals surface area contributed by atoms with Crippen molar-refractivity contribution in [3.05, 3.63) is 0 Å². The quantitative estimate of drug-likeness (QED) is 0.568. The molecule has 0 saturated carbocycles. The minimum Gasteiger partial charge on any atom is -0.126 e. The van der Waals surface area contributed by atoms with Crippen LogP contribution in [0.15, 0.2) is 0 Å². The van der Waals surface area contributed by atoms with Crippen LogP contribution >= 0.6 is 23.2 Å². The number of hydrogen-bond donors (Lipinski definition) is 0. The van der Waals surface area contributed by atoms with Crippen LogP contribution in [0.4, 0.5) is 0 Å². The Morgan fingerprint density at radius 2 is 2.00 bits per heavy atom. The molecule has 0 aromatic carbocycles. The van der Waals surface area contributed by atoms with E-state index in [0.29, 0.717) is 11.8 Å². The van der Waals surface area contributed by atoms with Gasteiger partial charge in [-0.05, 0) is 19.3 Å². The van der Waals surface area contributed by atoms with Gasteiger partial charge in [0, 0.05) is 10.8 Å². The normalized spacial score (nSPS) is 21.0. The Labute approximate surface area is 67.5 Å². The van der Waals surface area contributed by atoms with Crippen LogP contribution in [0.1, 0.15) is 27.2 Å². The van der Waals surface area contributed by atoms with E-state index in [2.05, 4.69) is 13.8 Å². The van der Waals surface area contributed by atoms with Crippen LogP contribution in [-0.2, 0) is 0 Å². The average Bonchev–Trinajstić information content (AvgIpc) is 1.86. The first-order chi connectivity index (χ1) is 4.04. The third-order valence-electron chi connectivity index (χ3n) is 1.95. The van der Waals surface area contributed by atoms with E-state index in [0.717, 1.165) is 6.42 Å². The first-order valence-corrected chi connectivity index (χ1v) is 4.20. The van der Waals surface area contributed by atoms with Crippen LogP contribution in [0.3, 0.4) is 0 Å². The molecule has 2 atom stereocenters. The third kappa shape index (κ3) is 2.77. The van der Waals surface area contributed by atoms with Gasteiger partial charge in [-0.2, -0.15) is 0 Å². The number of halogens is 2. The summed E-state index contributed by atoms with van der Waals surface area (Å²) in [5.74, 6) is 1.04. The van der Waals surface area contributed by atoms with Crippen molar-refractivity contribution in [2.24, 2.45) is 5.92 Å². The van der Waals surface area contributed by atoms with Gasteiger partial charge < -0.3 is 0 Å². The van der Waals surface area contributed by atoms with Gasteiger partial charge in [0.05, 0.1) is 0 Å². The Kier molecular flexibility index (Phi) is 3.91. The van der Waals surface area contributed by atoms with E-state index in [1.54, 1.807) is 0 Å². The topological polar surface area (TPSA) is 0 Å². The Morgan fingerprint density at radius 3 is 2.11 bits per heavy atom. The summed E-state index contributed by atoms with van der Waals surface area (Å²) in [5, 5.41) is 0. The molecule has 0 aliphatic carbocycles. The van der Waals surface area contributed by atoms with Crippen molar-refractivity contribution >= 4 is 23.2 Å². The van der Waals surface area contributed by atoms with Gasteiger partial charge in [-0.3, -0.25) is 0 Å². The van der Waals surface area contributed by atoms with E-state index < -0.39 is 0 Å². The molecular formula is C7H14Cl2. The zero-order chi connectivity index (χ0) is 7.49. The lowest BCUT2D eigenvalue weighted by molar-refractivity contribution is 0.449. The van der Waals surface area contributed by atoms with Crippen molar-refractivity contribution in [3.8, 4) is 0 Å². The van der Waals surface area contributed by atoms with Gasteiger partial charge in [0.1, 0.15) is 0 Å². The smallest absolute Gasteiger partial charge is 0.0453 e. The van der Waals surface area contributed by atoms with E-state index in [1.807, 2.05) is 6.92 Å². The molecule has 0 rings (SSSR count). The van der Waals surface area contributed by atoms with E-state index in [9.17, 15) is 0 Å². The van der Waals surface area contributed by atoms with Crippen molar-refractivity contribution < 1.29 is 0 Å². The van der Waals surface area contributed by atoms with Crippen molar-refractivity contribution in [2.45, 2.75) is 32.1 Å². The minimum atomic E-state index is -0.109. The van der Waals surface area contributed by atoms with Crippen molar-refractivity contribution in [1.82, 2.24) is 0 Å². The first kappa shape index (κ1) is 9.58. The zero-order valence-electron chi connectivity index (χ0n) is 6.25. The summed E-state index contributed by atoms with van der Waals surface area (Å²) in [4.78, 5) is -0.109. The largest absolute Gasteiger partial charge is 0.126 e. The maximum Gasteiger partial charge on any atom is 0.0453 e. The summed E-state index contributed by atoms with van der Waals surface area (Å²) in [6.07, 6.45) is 0.975. The van der Waals surface area contributed by atoms with Crippen molar-refractivity contribution in [2.75, 3.05) is 5.88 Å². The van der Waals surface area contributed by atoms with Gasteiger partial charge in [-0.15, -0.1) is 23.2 Å².